The van der Waals surface area contributed by atoms with Crippen LogP contribution in [-0.4, -0.2) is 65.8 Å². The molecule has 1 saturated heterocycles. The fourth-order valence-electron chi connectivity index (χ4n) is 4.22. The molecule has 0 spiro atoms. The number of ether oxygens (including phenoxy) is 2. The summed E-state index contributed by atoms with van der Waals surface area (Å²) in [4.78, 5) is 29.7. The van der Waals surface area contributed by atoms with Crippen LogP contribution in [0.4, 0.5) is 5.69 Å². The van der Waals surface area contributed by atoms with Crippen molar-refractivity contribution in [2.75, 3.05) is 32.8 Å². The monoisotopic (exact) mass is 452 g/mol. The van der Waals surface area contributed by atoms with Crippen LogP contribution in [0, 0.1) is 6.92 Å². The second kappa shape index (κ2) is 9.11. The van der Waals surface area contributed by atoms with E-state index >= 15 is 0 Å². The van der Waals surface area contributed by atoms with Crippen LogP contribution < -0.4 is 20.6 Å². The number of fused-ring (bicyclic) bond motifs is 1. The summed E-state index contributed by atoms with van der Waals surface area (Å²) in [6.45, 7) is 7.85. The van der Waals surface area contributed by atoms with E-state index in [0.29, 0.717) is 49.9 Å². The lowest BCUT2D eigenvalue weighted by atomic mass is 9.97. The molecule has 2 amide bonds. The standard InChI is InChI=1S/C24H29N5O4/c1-16-13-17(14-19-20(16)33-12-11-32-19)22(30)28-9-10-29(24(2,3)15-28)23(31)21(25)27-26-18-7-5-4-6-8-18/h4-8,13-14,26H,9-12,15H2,1-3H3,(H2,25,27)/p+1. The molecule has 2 heterocycles. The molecule has 0 radical (unpaired) electrons. The van der Waals surface area contributed by atoms with E-state index < -0.39 is 5.54 Å². The maximum atomic E-state index is 13.3. The predicted molar refractivity (Wildman–Crippen MR) is 124 cm³/mol. The van der Waals surface area contributed by atoms with Gasteiger partial charge in [-0.1, -0.05) is 23.3 Å². The van der Waals surface area contributed by atoms with Crippen LogP contribution in [0.2, 0.25) is 0 Å². The highest BCUT2D eigenvalue weighted by Crippen LogP contribution is 2.35. The molecule has 9 heteroatoms. The molecule has 0 atom stereocenters. The molecule has 0 bridgehead atoms. The third-order valence-corrected chi connectivity index (χ3v) is 5.88. The van der Waals surface area contributed by atoms with Crippen LogP contribution in [-0.2, 0) is 4.79 Å². The average Bonchev–Trinajstić information content (AvgIpc) is 2.81. The Kier molecular flexibility index (Phi) is 6.24. The first-order valence-electron chi connectivity index (χ1n) is 11.0. The van der Waals surface area contributed by atoms with Crippen molar-refractivity contribution in [2.24, 2.45) is 10.8 Å². The van der Waals surface area contributed by atoms with Crippen LogP contribution in [0.5, 0.6) is 11.5 Å². The van der Waals surface area contributed by atoms with Crippen molar-refractivity contribution in [3.05, 3.63) is 53.6 Å². The van der Waals surface area contributed by atoms with E-state index in [4.69, 9.17) is 15.2 Å². The van der Waals surface area contributed by atoms with E-state index in [0.717, 1.165) is 11.3 Å². The molecular formula is C24H30N5O4+. The minimum absolute atomic E-state index is 0.0748. The fourth-order valence-corrected chi connectivity index (χ4v) is 4.22. The van der Waals surface area contributed by atoms with Gasteiger partial charge in [-0.05, 0) is 38.5 Å². The molecule has 33 heavy (non-hydrogen) atoms. The number of carbonyl (C=O) groups excluding carboxylic acids is 2. The summed E-state index contributed by atoms with van der Waals surface area (Å²) in [6, 6.07) is 13.0. The van der Waals surface area contributed by atoms with Crippen LogP contribution in [0.15, 0.2) is 47.6 Å². The van der Waals surface area contributed by atoms with Gasteiger partial charge < -0.3 is 25.0 Å². The van der Waals surface area contributed by atoms with Crippen molar-refractivity contribution < 1.29 is 24.5 Å². The zero-order chi connectivity index (χ0) is 23.6. The number of hydrogen-bond donors (Lipinski definition) is 2. The molecule has 4 rings (SSSR count). The summed E-state index contributed by atoms with van der Waals surface area (Å²) in [7, 11) is 0. The number of piperazine rings is 1. The molecule has 9 nitrogen and oxygen atoms in total. The summed E-state index contributed by atoms with van der Waals surface area (Å²) in [5.74, 6) is 0.768. The highest BCUT2D eigenvalue weighted by molar-refractivity contribution is 6.37. The van der Waals surface area contributed by atoms with Crippen molar-refractivity contribution in [1.82, 2.24) is 9.80 Å². The van der Waals surface area contributed by atoms with Gasteiger partial charge in [0.2, 0.25) is 5.84 Å². The van der Waals surface area contributed by atoms with E-state index in [1.165, 1.54) is 0 Å². The minimum Gasteiger partial charge on any atom is -0.486 e. The highest BCUT2D eigenvalue weighted by Gasteiger charge is 2.40. The SMILES string of the molecule is Cc1cc(C(=O)N2CCN(C(=O)C(N)=N[NH2+]c3ccccc3)C(C)(C)C2)cc2c1OCCO2. The third-order valence-electron chi connectivity index (χ3n) is 5.88. The molecule has 0 saturated carbocycles. The van der Waals surface area contributed by atoms with Gasteiger partial charge in [-0.2, -0.15) is 5.43 Å². The highest BCUT2D eigenvalue weighted by atomic mass is 16.6. The van der Waals surface area contributed by atoms with Gasteiger partial charge in [0.25, 0.3) is 11.8 Å². The number of quaternary nitrogens is 1. The number of nitrogens with zero attached hydrogens (tertiary/aromatic N) is 3. The van der Waals surface area contributed by atoms with Gasteiger partial charge in [0, 0.05) is 37.3 Å². The predicted octanol–water partition coefficient (Wildman–Crippen LogP) is 0.997. The lowest BCUT2D eigenvalue weighted by Crippen LogP contribution is -2.73. The molecule has 1 fully saturated rings. The Morgan fingerprint density at radius 3 is 2.55 bits per heavy atom. The number of carbonyl (C=O) groups is 2. The quantitative estimate of drug-likeness (QED) is 0.237. The van der Waals surface area contributed by atoms with E-state index in [-0.39, 0.29) is 17.6 Å². The second-order valence-corrected chi connectivity index (χ2v) is 8.87. The molecule has 2 aliphatic rings. The lowest BCUT2D eigenvalue weighted by Gasteiger charge is -2.46. The number of hydrogen-bond acceptors (Lipinski definition) is 5. The summed E-state index contributed by atoms with van der Waals surface area (Å²) < 4.78 is 11.3. The zero-order valence-electron chi connectivity index (χ0n) is 19.2. The van der Waals surface area contributed by atoms with Crippen molar-refractivity contribution in [3.63, 3.8) is 0 Å². The average molecular weight is 453 g/mol. The topological polar surface area (TPSA) is 114 Å². The first kappa shape index (κ1) is 22.6. The summed E-state index contributed by atoms with van der Waals surface area (Å²) >= 11 is 0. The van der Waals surface area contributed by atoms with Gasteiger partial charge in [-0.15, -0.1) is 0 Å². The largest absolute Gasteiger partial charge is 0.486 e. The Balaban J connectivity index is 1.45. The number of nitrogens with two attached hydrogens (primary N) is 2. The number of aryl methyl sites for hydroxylation is 1. The van der Waals surface area contributed by atoms with E-state index in [1.54, 1.807) is 21.3 Å². The Bertz CT molecular complexity index is 1080. The second-order valence-electron chi connectivity index (χ2n) is 8.87. The summed E-state index contributed by atoms with van der Waals surface area (Å²) in [5, 5.41) is 4.16. The lowest BCUT2D eigenvalue weighted by molar-refractivity contribution is -0.577. The van der Waals surface area contributed by atoms with E-state index in [9.17, 15) is 9.59 Å². The van der Waals surface area contributed by atoms with E-state index in [1.807, 2.05) is 57.2 Å². The van der Waals surface area contributed by atoms with Crippen molar-refractivity contribution in [2.45, 2.75) is 26.3 Å². The van der Waals surface area contributed by atoms with Crippen LogP contribution >= 0.6 is 0 Å². The Labute approximate surface area is 193 Å². The Morgan fingerprint density at radius 1 is 1.09 bits per heavy atom. The number of amidine groups is 1. The Hall–Kier alpha value is -3.59. The number of amides is 2. The molecule has 2 aliphatic heterocycles. The van der Waals surface area contributed by atoms with Gasteiger partial charge >= 0.3 is 0 Å². The molecule has 0 aliphatic carbocycles. The smallest absolute Gasteiger partial charge is 0.295 e. The third kappa shape index (κ3) is 4.78. The van der Waals surface area contributed by atoms with Gasteiger partial charge in [0.05, 0.1) is 5.54 Å². The first-order valence-corrected chi connectivity index (χ1v) is 11.0. The Morgan fingerprint density at radius 2 is 1.82 bits per heavy atom. The van der Waals surface area contributed by atoms with Gasteiger partial charge in [0.15, 0.2) is 17.2 Å². The van der Waals surface area contributed by atoms with Gasteiger partial charge in [-0.25, -0.2) is 0 Å². The molecule has 4 N–H and O–H groups in total. The van der Waals surface area contributed by atoms with Crippen molar-refractivity contribution in [3.8, 4) is 11.5 Å². The zero-order valence-corrected chi connectivity index (χ0v) is 19.2. The first-order chi connectivity index (χ1) is 15.8. The molecule has 0 aromatic heterocycles. The van der Waals surface area contributed by atoms with Crippen LogP contribution in [0.3, 0.4) is 0 Å². The summed E-state index contributed by atoms with van der Waals surface area (Å²) in [6.07, 6.45) is 0. The maximum absolute atomic E-state index is 13.3. The van der Waals surface area contributed by atoms with Crippen molar-refractivity contribution >= 4 is 23.3 Å². The molecule has 2 aromatic carbocycles. The normalized spacial score (nSPS) is 17.6. The molecule has 174 valence electrons. The minimum atomic E-state index is -0.610. The van der Waals surface area contributed by atoms with Crippen LogP contribution in [0.25, 0.3) is 0 Å². The van der Waals surface area contributed by atoms with E-state index in [2.05, 4.69) is 5.10 Å². The molecular weight excluding hydrogens is 422 g/mol. The molecule has 2 aromatic rings. The maximum Gasteiger partial charge on any atom is 0.295 e. The number of rotatable bonds is 3. The molecule has 0 unspecified atom stereocenters. The fraction of sp³-hybridized carbons (Fsp3) is 0.375. The van der Waals surface area contributed by atoms with Gasteiger partial charge in [-0.3, -0.25) is 9.59 Å². The van der Waals surface area contributed by atoms with Crippen molar-refractivity contribution in [1.29, 1.82) is 0 Å². The van der Waals surface area contributed by atoms with Gasteiger partial charge in [0.1, 0.15) is 13.2 Å². The summed E-state index contributed by atoms with van der Waals surface area (Å²) in [5.41, 5.74) is 9.24. The van der Waals surface area contributed by atoms with Crippen LogP contribution in [0.1, 0.15) is 29.8 Å². The number of benzene rings is 2.